The van der Waals surface area contributed by atoms with Crippen molar-refractivity contribution in [1.82, 2.24) is 10.7 Å². The van der Waals surface area contributed by atoms with E-state index in [1.54, 1.807) is 0 Å². The number of thiocarbonyl (C=S) groups is 1. The largest absolute Gasteiger partial charge is 0.359 e. The minimum atomic E-state index is 0.484. The van der Waals surface area contributed by atoms with Gasteiger partial charge in [-0.25, -0.2) is 0 Å². The number of hydrogen-bond donors (Lipinski definition) is 2. The monoisotopic (exact) mass is 361 g/mol. The zero-order valence-corrected chi connectivity index (χ0v) is 15.6. The molecular weight excluding hydrogens is 338 g/mol. The predicted octanol–water partition coefficient (Wildman–Crippen LogP) is 5.12. The average Bonchev–Trinajstić information content (AvgIpc) is 2.68. The molecule has 0 radical (unpaired) electrons. The predicted molar refractivity (Wildman–Crippen MR) is 115 cm³/mol. The summed E-state index contributed by atoms with van der Waals surface area (Å²) in [5, 5.41) is 13.3. The van der Waals surface area contributed by atoms with Crippen LogP contribution in [0.5, 0.6) is 0 Å². The molecule has 3 nitrogen and oxygen atoms in total. The Kier molecular flexibility index (Phi) is 5.12. The second kappa shape index (κ2) is 7.83. The first kappa shape index (κ1) is 17.0. The van der Waals surface area contributed by atoms with Crippen LogP contribution >= 0.6 is 12.2 Å². The highest BCUT2D eigenvalue weighted by atomic mass is 32.1. The number of nitrogens with zero attached hydrogens (tertiary/aromatic N) is 1. The number of benzene rings is 3. The molecule has 4 rings (SSSR count). The quantitative estimate of drug-likeness (QED) is 0.294. The van der Waals surface area contributed by atoms with Crippen LogP contribution < -0.4 is 10.7 Å². The first-order valence-electron chi connectivity index (χ1n) is 9.31. The Bertz CT molecular complexity index is 904. The fourth-order valence-corrected chi connectivity index (χ4v) is 4.03. The van der Waals surface area contributed by atoms with Gasteiger partial charge < -0.3 is 5.32 Å². The van der Waals surface area contributed by atoms with Gasteiger partial charge >= 0.3 is 0 Å². The van der Waals surface area contributed by atoms with E-state index >= 15 is 0 Å². The lowest BCUT2D eigenvalue weighted by molar-refractivity contribution is 0.412. The number of rotatable bonds is 3. The van der Waals surface area contributed by atoms with Gasteiger partial charge in [-0.05, 0) is 52.7 Å². The number of nitrogens with one attached hydrogen (secondary N) is 2. The molecule has 0 bridgehead atoms. The maximum absolute atomic E-state index is 5.41. The van der Waals surface area contributed by atoms with Crippen molar-refractivity contribution in [2.24, 2.45) is 5.10 Å². The van der Waals surface area contributed by atoms with E-state index in [-0.39, 0.29) is 0 Å². The summed E-state index contributed by atoms with van der Waals surface area (Å²) in [7, 11) is 0. The van der Waals surface area contributed by atoms with Crippen LogP contribution in [0.3, 0.4) is 0 Å². The smallest absolute Gasteiger partial charge is 0.187 e. The summed E-state index contributed by atoms with van der Waals surface area (Å²) in [5.41, 5.74) is 4.11. The van der Waals surface area contributed by atoms with E-state index in [2.05, 4.69) is 70.4 Å². The van der Waals surface area contributed by atoms with E-state index in [0.717, 1.165) is 5.56 Å². The Hall–Kier alpha value is -2.46. The third kappa shape index (κ3) is 3.70. The Morgan fingerprint density at radius 2 is 1.54 bits per heavy atom. The summed E-state index contributed by atoms with van der Waals surface area (Å²) in [6.07, 6.45) is 8.18. The van der Waals surface area contributed by atoms with Crippen LogP contribution in [0.2, 0.25) is 0 Å². The molecule has 1 aliphatic rings. The second-order valence-electron chi connectivity index (χ2n) is 6.91. The number of fused-ring (bicyclic) bond motifs is 2. The highest BCUT2D eigenvalue weighted by Gasteiger charge is 2.13. The van der Waals surface area contributed by atoms with Crippen molar-refractivity contribution < 1.29 is 0 Å². The van der Waals surface area contributed by atoms with Crippen LogP contribution in [0, 0.1) is 0 Å². The van der Waals surface area contributed by atoms with Gasteiger partial charge in [-0.2, -0.15) is 5.10 Å². The van der Waals surface area contributed by atoms with E-state index in [9.17, 15) is 0 Å². The van der Waals surface area contributed by atoms with Gasteiger partial charge in [0, 0.05) is 11.6 Å². The Labute approximate surface area is 159 Å². The summed E-state index contributed by atoms with van der Waals surface area (Å²) < 4.78 is 0. The molecule has 0 aliphatic heterocycles. The first-order chi connectivity index (χ1) is 12.8. The lowest BCUT2D eigenvalue weighted by Crippen LogP contribution is -2.40. The number of hydrazone groups is 1. The van der Waals surface area contributed by atoms with Gasteiger partial charge in [-0.3, -0.25) is 5.43 Å². The molecule has 0 aromatic heterocycles. The highest BCUT2D eigenvalue weighted by Crippen LogP contribution is 2.27. The standard InChI is InChI=1S/C22H23N3S/c26-22(24-18-10-2-1-3-11-18)25-23-15-21-19-12-6-4-8-16(19)14-17-9-5-7-13-20(17)21/h4-9,12-15,18H,1-3,10-11H2,(H2,24,25,26)/b23-15+. The SMILES string of the molecule is S=C(N/N=C/c1c2ccccc2cc2ccccc12)NC1CCCCC1. The fraction of sp³-hybridized carbons (Fsp3) is 0.273. The average molecular weight is 362 g/mol. The Morgan fingerprint density at radius 1 is 0.923 bits per heavy atom. The third-order valence-electron chi connectivity index (χ3n) is 5.11. The van der Waals surface area contributed by atoms with Crippen LogP contribution in [-0.4, -0.2) is 17.4 Å². The van der Waals surface area contributed by atoms with Crippen LogP contribution in [0.4, 0.5) is 0 Å². The Morgan fingerprint density at radius 3 is 2.19 bits per heavy atom. The molecule has 1 aliphatic carbocycles. The van der Waals surface area contributed by atoms with E-state index < -0.39 is 0 Å². The van der Waals surface area contributed by atoms with E-state index in [1.807, 2.05) is 6.21 Å². The zero-order valence-electron chi connectivity index (χ0n) is 14.7. The van der Waals surface area contributed by atoms with E-state index in [1.165, 1.54) is 53.6 Å². The molecule has 1 fully saturated rings. The van der Waals surface area contributed by atoms with Crippen molar-refractivity contribution in [2.45, 2.75) is 38.1 Å². The summed E-state index contributed by atoms with van der Waals surface area (Å²) in [6.45, 7) is 0. The fourth-order valence-electron chi connectivity index (χ4n) is 3.81. The maximum Gasteiger partial charge on any atom is 0.187 e. The van der Waals surface area contributed by atoms with E-state index in [0.29, 0.717) is 11.2 Å². The van der Waals surface area contributed by atoms with Gasteiger partial charge in [0.1, 0.15) is 0 Å². The molecule has 0 unspecified atom stereocenters. The summed E-state index contributed by atoms with van der Waals surface area (Å²) in [4.78, 5) is 0. The van der Waals surface area contributed by atoms with Crippen molar-refractivity contribution in [3.05, 3.63) is 60.2 Å². The molecule has 0 amide bonds. The van der Waals surface area contributed by atoms with Crippen LogP contribution in [0.1, 0.15) is 37.7 Å². The van der Waals surface area contributed by atoms with Gasteiger partial charge in [-0.1, -0.05) is 67.8 Å². The molecule has 0 saturated heterocycles. The van der Waals surface area contributed by atoms with Gasteiger partial charge in [0.05, 0.1) is 6.21 Å². The van der Waals surface area contributed by atoms with Gasteiger partial charge in [0.2, 0.25) is 0 Å². The van der Waals surface area contributed by atoms with Crippen LogP contribution in [-0.2, 0) is 0 Å². The third-order valence-corrected chi connectivity index (χ3v) is 5.32. The van der Waals surface area contributed by atoms with Crippen molar-refractivity contribution in [3.8, 4) is 0 Å². The van der Waals surface area contributed by atoms with E-state index in [4.69, 9.17) is 12.2 Å². The number of hydrogen-bond acceptors (Lipinski definition) is 2. The second-order valence-corrected chi connectivity index (χ2v) is 7.32. The Balaban J connectivity index is 1.57. The molecule has 0 spiro atoms. The van der Waals surface area contributed by atoms with Crippen molar-refractivity contribution in [2.75, 3.05) is 0 Å². The normalized spacial score (nSPS) is 15.5. The molecule has 3 aromatic rings. The lowest BCUT2D eigenvalue weighted by atomic mass is 9.96. The summed E-state index contributed by atoms with van der Waals surface area (Å²) >= 11 is 5.41. The first-order valence-corrected chi connectivity index (χ1v) is 9.72. The van der Waals surface area contributed by atoms with Crippen LogP contribution in [0.15, 0.2) is 59.7 Å². The molecule has 4 heteroatoms. The van der Waals surface area contributed by atoms with Crippen molar-refractivity contribution in [1.29, 1.82) is 0 Å². The highest BCUT2D eigenvalue weighted by molar-refractivity contribution is 7.80. The molecule has 26 heavy (non-hydrogen) atoms. The van der Waals surface area contributed by atoms with Gasteiger partial charge in [-0.15, -0.1) is 0 Å². The topological polar surface area (TPSA) is 36.4 Å². The molecule has 132 valence electrons. The molecule has 0 heterocycles. The van der Waals surface area contributed by atoms with Gasteiger partial charge in [0.25, 0.3) is 0 Å². The van der Waals surface area contributed by atoms with Crippen molar-refractivity contribution >= 4 is 45.1 Å². The lowest BCUT2D eigenvalue weighted by Gasteiger charge is -2.23. The molecule has 1 saturated carbocycles. The maximum atomic E-state index is 5.41. The summed E-state index contributed by atoms with van der Waals surface area (Å²) in [6, 6.07) is 19.5. The van der Waals surface area contributed by atoms with Gasteiger partial charge in [0.15, 0.2) is 5.11 Å². The minimum Gasteiger partial charge on any atom is -0.359 e. The zero-order chi connectivity index (χ0) is 17.8. The molecule has 2 N–H and O–H groups in total. The van der Waals surface area contributed by atoms with Crippen molar-refractivity contribution in [3.63, 3.8) is 0 Å². The molecule has 0 atom stereocenters. The van der Waals surface area contributed by atoms with Crippen LogP contribution in [0.25, 0.3) is 21.5 Å². The minimum absolute atomic E-state index is 0.484. The molecular formula is C22H23N3S. The molecule has 3 aromatic carbocycles. The summed E-state index contributed by atoms with van der Waals surface area (Å²) in [5.74, 6) is 0.